The van der Waals surface area contributed by atoms with Crippen molar-refractivity contribution >= 4 is 67.2 Å². The molecule has 2 heterocycles. The van der Waals surface area contributed by atoms with Crippen molar-refractivity contribution in [1.29, 1.82) is 0 Å². The molecule has 4 rings (SSSR count). The fourth-order valence-electron chi connectivity index (χ4n) is 3.11. The average Bonchev–Trinajstić information content (AvgIpc) is 3.16. The molecule has 0 saturated heterocycles. The number of carbonyl (C=O) groups excluding carboxylic acids is 1. The fraction of sp³-hybridized carbons (Fsp3) is 0.0476. The van der Waals surface area contributed by atoms with Gasteiger partial charge in [0.05, 0.1) is 9.36 Å². The second kappa shape index (κ2) is 8.59. The first kappa shape index (κ1) is 22.3. The van der Waals surface area contributed by atoms with Crippen LogP contribution in [0.1, 0.15) is 5.56 Å². The molecule has 0 fully saturated rings. The van der Waals surface area contributed by atoms with Crippen LogP contribution in [0.4, 0.5) is 10.5 Å². The van der Waals surface area contributed by atoms with Crippen molar-refractivity contribution < 1.29 is 13.2 Å². The number of halogens is 2. The van der Waals surface area contributed by atoms with Crippen LogP contribution in [0.15, 0.2) is 63.7 Å². The summed E-state index contributed by atoms with van der Waals surface area (Å²) in [5.74, 6) is 0. The number of nitrogens with one attached hydrogen (secondary N) is 3. The highest BCUT2D eigenvalue weighted by molar-refractivity contribution is 7.92. The minimum Gasteiger partial charge on any atom is -0.360 e. The normalized spacial score (nSPS) is 11.5. The first-order chi connectivity index (χ1) is 15.1. The van der Waals surface area contributed by atoms with E-state index in [1.165, 1.54) is 24.3 Å². The van der Waals surface area contributed by atoms with Crippen LogP contribution in [-0.4, -0.2) is 19.4 Å². The first-order valence-electron chi connectivity index (χ1n) is 9.15. The summed E-state index contributed by atoms with van der Waals surface area (Å²) in [4.78, 5) is 28.2. The minimum atomic E-state index is -4.06. The zero-order chi connectivity index (χ0) is 23.0. The van der Waals surface area contributed by atoms with Crippen LogP contribution in [0.2, 0.25) is 9.36 Å². The highest BCUT2D eigenvalue weighted by Gasteiger charge is 2.20. The molecule has 0 saturated carbocycles. The highest BCUT2D eigenvalue weighted by Crippen LogP contribution is 2.29. The molecule has 2 aromatic carbocycles. The van der Waals surface area contributed by atoms with Crippen LogP contribution in [0.25, 0.3) is 22.0 Å². The van der Waals surface area contributed by atoms with Crippen LogP contribution in [0.3, 0.4) is 0 Å². The molecule has 4 aromatic rings. The number of rotatable bonds is 4. The van der Waals surface area contributed by atoms with Gasteiger partial charge in [-0.25, -0.2) is 17.9 Å². The number of aromatic amines is 1. The number of aromatic nitrogens is 1. The maximum Gasteiger partial charge on any atom is 0.333 e. The van der Waals surface area contributed by atoms with Gasteiger partial charge >= 0.3 is 6.03 Å². The Balaban J connectivity index is 1.58. The van der Waals surface area contributed by atoms with Gasteiger partial charge in [0.15, 0.2) is 5.43 Å². The van der Waals surface area contributed by atoms with E-state index in [-0.39, 0.29) is 24.7 Å². The second-order valence-corrected chi connectivity index (χ2v) is 10.9. The van der Waals surface area contributed by atoms with Gasteiger partial charge in [-0.3, -0.25) is 4.79 Å². The predicted molar refractivity (Wildman–Crippen MR) is 128 cm³/mol. The van der Waals surface area contributed by atoms with E-state index in [0.29, 0.717) is 22.0 Å². The molecule has 0 spiro atoms. The number of pyridine rings is 1. The van der Waals surface area contributed by atoms with Gasteiger partial charge in [-0.1, -0.05) is 40.9 Å². The Morgan fingerprint density at radius 1 is 1.03 bits per heavy atom. The number of thiophene rings is 1. The van der Waals surface area contributed by atoms with E-state index in [4.69, 9.17) is 23.2 Å². The fourth-order valence-corrected chi connectivity index (χ4v) is 5.79. The third-order valence-electron chi connectivity index (χ3n) is 4.59. The summed E-state index contributed by atoms with van der Waals surface area (Å²) in [7, 11) is -4.06. The highest BCUT2D eigenvalue weighted by atomic mass is 35.5. The Bertz CT molecular complexity index is 1530. The lowest BCUT2D eigenvalue weighted by atomic mass is 10.0. The topological polar surface area (TPSA) is 108 Å². The van der Waals surface area contributed by atoms with Crippen molar-refractivity contribution in [2.45, 2.75) is 11.1 Å². The molecule has 2 aromatic heterocycles. The SMILES string of the molecule is Cc1ccc2[nH]cc(-c3ccc(NC(=O)NS(=O)(=O)c4ccc(Cl)s4)cc3Cl)c(=O)c2c1. The van der Waals surface area contributed by atoms with Crippen molar-refractivity contribution in [3.63, 3.8) is 0 Å². The first-order valence-corrected chi connectivity index (χ1v) is 12.2. The summed E-state index contributed by atoms with van der Waals surface area (Å²) < 4.78 is 26.6. The molecule has 0 atom stereocenters. The lowest BCUT2D eigenvalue weighted by Crippen LogP contribution is -2.33. The Hall–Kier alpha value is -2.85. The number of benzene rings is 2. The van der Waals surface area contributed by atoms with Crippen molar-refractivity contribution in [3.05, 3.63) is 79.9 Å². The van der Waals surface area contributed by atoms with Gasteiger partial charge in [0.2, 0.25) is 0 Å². The van der Waals surface area contributed by atoms with Crippen molar-refractivity contribution in [3.8, 4) is 11.1 Å². The van der Waals surface area contributed by atoms with Gasteiger partial charge in [0.1, 0.15) is 4.21 Å². The summed E-state index contributed by atoms with van der Waals surface area (Å²) in [5.41, 5.74) is 2.59. The van der Waals surface area contributed by atoms with Crippen molar-refractivity contribution in [1.82, 2.24) is 9.71 Å². The standard InChI is InChI=1S/C21H15Cl2N3O4S2/c1-11-2-5-17-14(8-11)20(27)15(10-24-17)13-4-3-12(9-16(13)22)25-21(28)26-32(29,30)19-7-6-18(23)31-19/h2-10H,1H3,(H,24,27)(H2,25,26,28). The number of hydrogen-bond acceptors (Lipinski definition) is 5. The third-order valence-corrected chi connectivity index (χ3v) is 7.96. The summed E-state index contributed by atoms with van der Waals surface area (Å²) in [5, 5.41) is 3.17. The minimum absolute atomic E-state index is 0.0863. The molecule has 0 aliphatic rings. The summed E-state index contributed by atoms with van der Waals surface area (Å²) in [6, 6.07) is 11.8. The van der Waals surface area contributed by atoms with E-state index in [1.807, 2.05) is 23.8 Å². The van der Waals surface area contributed by atoms with Gasteiger partial charge in [0, 0.05) is 33.9 Å². The van der Waals surface area contributed by atoms with Crippen LogP contribution in [0.5, 0.6) is 0 Å². The second-order valence-electron chi connectivity index (χ2n) is 6.89. The molecule has 0 unspecified atom stereocenters. The molecule has 32 heavy (non-hydrogen) atoms. The maximum atomic E-state index is 13.0. The average molecular weight is 508 g/mol. The number of sulfonamides is 1. The molecule has 164 valence electrons. The quantitative estimate of drug-likeness (QED) is 0.344. The number of anilines is 1. The van der Waals surface area contributed by atoms with E-state index in [9.17, 15) is 18.0 Å². The maximum absolute atomic E-state index is 13.0. The van der Waals surface area contributed by atoms with Crippen molar-refractivity contribution in [2.75, 3.05) is 5.32 Å². The number of fused-ring (bicyclic) bond motifs is 1. The van der Waals surface area contributed by atoms with E-state index < -0.39 is 16.1 Å². The van der Waals surface area contributed by atoms with Gasteiger partial charge < -0.3 is 10.3 Å². The summed E-state index contributed by atoms with van der Waals surface area (Å²) in [6.07, 6.45) is 1.58. The molecule has 7 nitrogen and oxygen atoms in total. The van der Waals surface area contributed by atoms with Gasteiger partial charge in [-0.05, 0) is 43.3 Å². The van der Waals surface area contributed by atoms with Gasteiger partial charge in [0.25, 0.3) is 10.0 Å². The third kappa shape index (κ3) is 4.51. The largest absolute Gasteiger partial charge is 0.360 e. The Morgan fingerprint density at radius 2 is 1.81 bits per heavy atom. The molecular weight excluding hydrogens is 493 g/mol. The molecule has 3 N–H and O–H groups in total. The molecule has 0 bridgehead atoms. The van der Waals surface area contributed by atoms with Crippen LogP contribution in [0, 0.1) is 6.92 Å². The van der Waals surface area contributed by atoms with E-state index in [2.05, 4.69) is 10.3 Å². The van der Waals surface area contributed by atoms with Crippen molar-refractivity contribution in [2.24, 2.45) is 0 Å². The monoisotopic (exact) mass is 507 g/mol. The molecule has 0 aliphatic carbocycles. The molecule has 0 aliphatic heterocycles. The molecule has 2 amide bonds. The Labute approximate surface area is 197 Å². The molecular formula is C21H15Cl2N3O4S2. The van der Waals surface area contributed by atoms with Crippen LogP contribution < -0.4 is 15.5 Å². The van der Waals surface area contributed by atoms with Crippen LogP contribution in [-0.2, 0) is 10.0 Å². The number of hydrogen-bond donors (Lipinski definition) is 3. The summed E-state index contributed by atoms with van der Waals surface area (Å²) in [6.45, 7) is 1.90. The zero-order valence-electron chi connectivity index (χ0n) is 16.4. The van der Waals surface area contributed by atoms with Gasteiger partial charge in [-0.15, -0.1) is 11.3 Å². The molecule has 0 radical (unpaired) electrons. The lowest BCUT2D eigenvalue weighted by molar-refractivity contribution is 0.256. The van der Waals surface area contributed by atoms with E-state index in [0.717, 1.165) is 16.9 Å². The zero-order valence-corrected chi connectivity index (χ0v) is 19.5. The Morgan fingerprint density at radius 3 is 2.50 bits per heavy atom. The number of carbonyl (C=O) groups is 1. The predicted octanol–water partition coefficient (Wildman–Crippen LogP) is 5.38. The summed E-state index contributed by atoms with van der Waals surface area (Å²) >= 11 is 13.0. The number of urea groups is 1. The number of amides is 2. The lowest BCUT2D eigenvalue weighted by Gasteiger charge is -2.10. The van der Waals surface area contributed by atoms with Crippen LogP contribution >= 0.6 is 34.5 Å². The number of aryl methyl sites for hydroxylation is 1. The van der Waals surface area contributed by atoms with E-state index in [1.54, 1.807) is 18.3 Å². The molecule has 11 heteroatoms. The number of H-pyrrole nitrogens is 1. The Kier molecular flexibility index (Phi) is 6.00. The van der Waals surface area contributed by atoms with Gasteiger partial charge in [-0.2, -0.15) is 0 Å². The smallest absolute Gasteiger partial charge is 0.333 e. The van der Waals surface area contributed by atoms with E-state index >= 15 is 0 Å².